The van der Waals surface area contributed by atoms with Crippen LogP contribution in [-0.4, -0.2) is 24.5 Å². The molecule has 2 aromatic heterocycles. The Kier molecular flexibility index (Phi) is 3.45. The Labute approximate surface area is 126 Å². The van der Waals surface area contributed by atoms with Gasteiger partial charge in [-0.15, -0.1) is 0 Å². The van der Waals surface area contributed by atoms with Crippen molar-refractivity contribution in [3.05, 3.63) is 53.5 Å². The molecular formula is C14H13N3O4S. The Bertz CT molecular complexity index is 926. The number of carbonyl (C=O) groups is 1. The Morgan fingerprint density at radius 2 is 2.09 bits per heavy atom. The molecule has 0 radical (unpaired) electrons. The molecule has 0 aliphatic carbocycles. The van der Waals surface area contributed by atoms with Crippen molar-refractivity contribution in [1.82, 2.24) is 14.9 Å². The number of hydrogen-bond donors (Lipinski definition) is 2. The first-order valence-corrected chi connectivity index (χ1v) is 8.13. The minimum absolute atomic E-state index is 0.232. The molecule has 0 unspecified atom stereocenters. The van der Waals surface area contributed by atoms with Gasteiger partial charge in [0.1, 0.15) is 17.7 Å². The summed E-state index contributed by atoms with van der Waals surface area (Å²) in [7, 11) is -3.85. The van der Waals surface area contributed by atoms with Crippen molar-refractivity contribution in [2.24, 2.45) is 0 Å². The molecule has 0 aliphatic rings. The van der Waals surface area contributed by atoms with Crippen LogP contribution in [0.2, 0.25) is 0 Å². The van der Waals surface area contributed by atoms with Gasteiger partial charge in [-0.2, -0.15) is 0 Å². The summed E-state index contributed by atoms with van der Waals surface area (Å²) in [5.41, 5.74) is 1.93. The van der Waals surface area contributed by atoms with E-state index >= 15 is 0 Å². The van der Waals surface area contributed by atoms with Crippen LogP contribution in [0, 0.1) is 6.92 Å². The average molecular weight is 319 g/mol. The number of nitrogens with one attached hydrogen (secondary N) is 2. The molecule has 8 heteroatoms. The van der Waals surface area contributed by atoms with Crippen LogP contribution in [0.5, 0.6) is 0 Å². The van der Waals surface area contributed by atoms with Crippen molar-refractivity contribution in [3.63, 3.8) is 0 Å². The monoisotopic (exact) mass is 319 g/mol. The number of aryl methyl sites for hydroxylation is 1. The Morgan fingerprint density at radius 3 is 2.82 bits per heavy atom. The molecule has 0 bridgehead atoms. The molecule has 114 valence electrons. The zero-order valence-electron chi connectivity index (χ0n) is 11.7. The van der Waals surface area contributed by atoms with Gasteiger partial charge in [0, 0.05) is 22.7 Å². The number of aromatic nitrogens is 2. The third kappa shape index (κ3) is 2.73. The first-order chi connectivity index (χ1) is 10.5. The highest BCUT2D eigenvalue weighted by molar-refractivity contribution is 7.89. The summed E-state index contributed by atoms with van der Waals surface area (Å²) in [6.45, 7) is 1.72. The van der Waals surface area contributed by atoms with Gasteiger partial charge in [0.05, 0.1) is 5.56 Å². The quantitative estimate of drug-likeness (QED) is 0.762. The number of nitrogens with zero attached hydrogens (tertiary/aromatic N) is 1. The summed E-state index contributed by atoms with van der Waals surface area (Å²) in [6, 6.07) is 8.64. The molecule has 0 saturated heterocycles. The van der Waals surface area contributed by atoms with E-state index in [-0.39, 0.29) is 5.69 Å². The number of benzene rings is 1. The van der Waals surface area contributed by atoms with Gasteiger partial charge in [-0.05, 0) is 13.0 Å². The fourth-order valence-corrected chi connectivity index (χ4v) is 3.30. The first-order valence-electron chi connectivity index (χ1n) is 6.48. The van der Waals surface area contributed by atoms with Crippen molar-refractivity contribution < 1.29 is 17.7 Å². The Balaban J connectivity index is 1.89. The van der Waals surface area contributed by atoms with Gasteiger partial charge in [-0.1, -0.05) is 23.4 Å². The van der Waals surface area contributed by atoms with Crippen molar-refractivity contribution in [1.29, 1.82) is 0 Å². The van der Waals surface area contributed by atoms with Crippen LogP contribution in [0.25, 0.3) is 10.9 Å². The largest absolute Gasteiger partial charge is 0.364 e. The zero-order valence-corrected chi connectivity index (χ0v) is 12.5. The number of para-hydroxylation sites is 1. The lowest BCUT2D eigenvalue weighted by molar-refractivity contribution is 0.0982. The number of aromatic amines is 1. The van der Waals surface area contributed by atoms with E-state index < -0.39 is 21.7 Å². The predicted octanol–water partition coefficient (Wildman–Crippen LogP) is 1.72. The second-order valence-corrected chi connectivity index (χ2v) is 6.57. The van der Waals surface area contributed by atoms with Crippen LogP contribution in [-0.2, 0) is 15.8 Å². The number of H-pyrrole nitrogens is 1. The van der Waals surface area contributed by atoms with Crippen LogP contribution >= 0.6 is 0 Å². The molecule has 1 aromatic carbocycles. The van der Waals surface area contributed by atoms with E-state index in [0.29, 0.717) is 16.6 Å². The highest BCUT2D eigenvalue weighted by Gasteiger charge is 2.22. The molecule has 0 fully saturated rings. The van der Waals surface area contributed by atoms with Gasteiger partial charge in [0.25, 0.3) is 5.91 Å². The molecule has 0 saturated carbocycles. The maximum absolute atomic E-state index is 12.3. The fourth-order valence-electron chi connectivity index (χ4n) is 2.30. The van der Waals surface area contributed by atoms with Gasteiger partial charge in [0.2, 0.25) is 10.0 Å². The summed E-state index contributed by atoms with van der Waals surface area (Å²) >= 11 is 0. The Morgan fingerprint density at radius 1 is 1.32 bits per heavy atom. The molecule has 3 aromatic rings. The van der Waals surface area contributed by atoms with Gasteiger partial charge < -0.3 is 9.51 Å². The second-order valence-electron chi connectivity index (χ2n) is 4.85. The van der Waals surface area contributed by atoms with Crippen molar-refractivity contribution in [2.75, 3.05) is 0 Å². The molecule has 1 amide bonds. The SMILES string of the molecule is Cc1[nH]c2ccccc2c1C(=O)NS(=O)(=O)Cc1ccon1. The lowest BCUT2D eigenvalue weighted by Crippen LogP contribution is -2.32. The average Bonchev–Trinajstić information content (AvgIpc) is 3.03. The summed E-state index contributed by atoms with van der Waals surface area (Å²) in [6.07, 6.45) is 1.27. The van der Waals surface area contributed by atoms with Gasteiger partial charge in [-0.25, -0.2) is 13.1 Å². The topological polar surface area (TPSA) is 105 Å². The molecule has 3 rings (SSSR count). The Hall–Kier alpha value is -2.61. The lowest BCUT2D eigenvalue weighted by atomic mass is 10.1. The minimum atomic E-state index is -3.85. The summed E-state index contributed by atoms with van der Waals surface area (Å²) in [5, 5.41) is 4.20. The van der Waals surface area contributed by atoms with Crippen molar-refractivity contribution in [3.8, 4) is 0 Å². The molecule has 0 aliphatic heterocycles. The van der Waals surface area contributed by atoms with Crippen LogP contribution in [0.1, 0.15) is 21.7 Å². The van der Waals surface area contributed by atoms with Crippen molar-refractivity contribution in [2.45, 2.75) is 12.7 Å². The van der Waals surface area contributed by atoms with E-state index in [1.165, 1.54) is 12.3 Å². The number of hydrogen-bond acceptors (Lipinski definition) is 5. The normalized spacial score (nSPS) is 11.7. The maximum Gasteiger partial charge on any atom is 0.267 e. The molecule has 22 heavy (non-hydrogen) atoms. The predicted molar refractivity (Wildman–Crippen MR) is 79.6 cm³/mol. The van der Waals surface area contributed by atoms with E-state index in [0.717, 1.165) is 5.52 Å². The second kappa shape index (κ2) is 5.30. The van der Waals surface area contributed by atoms with E-state index in [4.69, 9.17) is 0 Å². The number of rotatable bonds is 4. The number of amides is 1. The van der Waals surface area contributed by atoms with E-state index in [2.05, 4.69) is 19.4 Å². The number of sulfonamides is 1. The summed E-state index contributed by atoms with van der Waals surface area (Å²) in [4.78, 5) is 15.4. The zero-order chi connectivity index (χ0) is 15.7. The van der Waals surface area contributed by atoms with E-state index in [1.807, 2.05) is 12.1 Å². The van der Waals surface area contributed by atoms with Crippen LogP contribution in [0.15, 0.2) is 41.1 Å². The molecule has 2 heterocycles. The fraction of sp³-hybridized carbons (Fsp3) is 0.143. The van der Waals surface area contributed by atoms with Crippen LogP contribution in [0.3, 0.4) is 0 Å². The van der Waals surface area contributed by atoms with Gasteiger partial charge in [-0.3, -0.25) is 4.79 Å². The van der Waals surface area contributed by atoms with E-state index in [9.17, 15) is 13.2 Å². The third-order valence-electron chi connectivity index (χ3n) is 3.20. The number of carbonyl (C=O) groups excluding carboxylic acids is 1. The standard InChI is InChI=1S/C14H13N3O4S/c1-9-13(11-4-2-3-5-12(11)15-9)14(18)17-22(19,20)8-10-6-7-21-16-10/h2-7,15H,8H2,1H3,(H,17,18). The third-order valence-corrected chi connectivity index (χ3v) is 4.37. The van der Waals surface area contributed by atoms with Gasteiger partial charge in [0.15, 0.2) is 0 Å². The van der Waals surface area contributed by atoms with Crippen LogP contribution < -0.4 is 4.72 Å². The molecule has 7 nitrogen and oxygen atoms in total. The summed E-state index contributed by atoms with van der Waals surface area (Å²) in [5.74, 6) is -1.09. The highest BCUT2D eigenvalue weighted by Crippen LogP contribution is 2.21. The summed E-state index contributed by atoms with van der Waals surface area (Å²) < 4.78 is 30.7. The lowest BCUT2D eigenvalue weighted by Gasteiger charge is -2.05. The smallest absolute Gasteiger partial charge is 0.267 e. The number of fused-ring (bicyclic) bond motifs is 1. The highest BCUT2D eigenvalue weighted by atomic mass is 32.2. The van der Waals surface area contributed by atoms with Crippen molar-refractivity contribution >= 4 is 26.8 Å². The molecule has 2 N–H and O–H groups in total. The van der Waals surface area contributed by atoms with E-state index in [1.54, 1.807) is 19.1 Å². The van der Waals surface area contributed by atoms with Crippen LogP contribution in [0.4, 0.5) is 0 Å². The first kappa shape index (κ1) is 14.3. The molecule has 0 spiro atoms. The molecular weight excluding hydrogens is 306 g/mol. The minimum Gasteiger partial charge on any atom is -0.364 e. The van der Waals surface area contributed by atoms with Gasteiger partial charge >= 0.3 is 0 Å². The maximum atomic E-state index is 12.3. The molecule has 0 atom stereocenters.